The van der Waals surface area contributed by atoms with Gasteiger partial charge in [-0.2, -0.15) is 0 Å². The molecule has 0 aliphatic heterocycles. The van der Waals surface area contributed by atoms with Gasteiger partial charge in [-0.3, -0.25) is 0 Å². The van der Waals surface area contributed by atoms with Gasteiger partial charge in [-0.1, -0.05) is 60.7 Å². The molecule has 0 atom stereocenters. The molecule has 3 rings (SSSR count). The summed E-state index contributed by atoms with van der Waals surface area (Å²) in [5, 5.41) is 18.8. The molecule has 4 nitrogen and oxygen atoms in total. The highest BCUT2D eigenvalue weighted by Crippen LogP contribution is 2.21. The predicted molar refractivity (Wildman–Crippen MR) is 82.7 cm³/mol. The Labute approximate surface area is 122 Å². The molecule has 1 aromatic heterocycles. The Morgan fingerprint density at radius 1 is 0.667 bits per heavy atom. The summed E-state index contributed by atoms with van der Waals surface area (Å²) >= 11 is 0. The molecular weight excluding hydrogens is 263 g/mol. The van der Waals surface area contributed by atoms with Crippen molar-refractivity contribution >= 4 is 12.8 Å². The number of nitrogens with zero attached hydrogens (tertiary/aromatic N) is 2. The van der Waals surface area contributed by atoms with Crippen molar-refractivity contribution in [1.82, 2.24) is 9.97 Å². The molecule has 0 aliphatic carbocycles. The molecule has 2 N–H and O–H groups in total. The van der Waals surface area contributed by atoms with Crippen molar-refractivity contribution < 1.29 is 10.0 Å². The molecule has 1 heterocycles. The Morgan fingerprint density at radius 2 is 1.10 bits per heavy atom. The van der Waals surface area contributed by atoms with E-state index in [1.54, 1.807) is 0 Å². The van der Waals surface area contributed by atoms with E-state index in [-0.39, 0.29) is 5.72 Å². The Morgan fingerprint density at radius 3 is 1.48 bits per heavy atom. The molecule has 5 heteroatoms. The van der Waals surface area contributed by atoms with Gasteiger partial charge < -0.3 is 10.0 Å². The van der Waals surface area contributed by atoms with Gasteiger partial charge in [0.1, 0.15) is 0 Å². The van der Waals surface area contributed by atoms with Crippen molar-refractivity contribution in [2.24, 2.45) is 0 Å². The van der Waals surface area contributed by atoms with E-state index in [1.807, 2.05) is 66.7 Å². The molecule has 102 valence electrons. The van der Waals surface area contributed by atoms with Gasteiger partial charge in [-0.15, -0.1) is 0 Å². The second kappa shape index (κ2) is 5.87. The largest absolute Gasteiger partial charge is 0.528 e. The van der Waals surface area contributed by atoms with Gasteiger partial charge in [0.25, 0.3) is 0 Å². The predicted octanol–water partition coefficient (Wildman–Crippen LogP) is 1.49. The lowest BCUT2D eigenvalue weighted by atomic mass is 9.90. The molecule has 0 bridgehead atoms. The molecule has 3 aromatic rings. The van der Waals surface area contributed by atoms with Crippen LogP contribution in [0.15, 0.2) is 66.7 Å². The smallest absolute Gasteiger partial charge is 0.421 e. The average molecular weight is 276 g/mol. The van der Waals surface area contributed by atoms with E-state index in [9.17, 15) is 10.0 Å². The number of aromatic nitrogens is 2. The number of rotatable bonds is 3. The van der Waals surface area contributed by atoms with Crippen LogP contribution >= 0.6 is 0 Å². The van der Waals surface area contributed by atoms with Crippen LogP contribution in [-0.2, 0) is 0 Å². The van der Waals surface area contributed by atoms with Gasteiger partial charge in [-0.25, -0.2) is 9.97 Å². The van der Waals surface area contributed by atoms with E-state index in [4.69, 9.17) is 0 Å². The van der Waals surface area contributed by atoms with E-state index < -0.39 is 7.12 Å². The summed E-state index contributed by atoms with van der Waals surface area (Å²) in [7, 11) is -1.70. The minimum Gasteiger partial charge on any atom is -0.421 e. The fourth-order valence-corrected chi connectivity index (χ4v) is 2.09. The molecule has 0 radical (unpaired) electrons. The maximum absolute atomic E-state index is 9.40. The lowest BCUT2D eigenvalue weighted by Crippen LogP contribution is -2.36. The van der Waals surface area contributed by atoms with E-state index in [0.717, 1.165) is 11.1 Å². The summed E-state index contributed by atoms with van der Waals surface area (Å²) in [5.41, 5.74) is 3.12. The normalized spacial score (nSPS) is 10.4. The third kappa shape index (κ3) is 2.99. The van der Waals surface area contributed by atoms with Crippen molar-refractivity contribution in [2.75, 3.05) is 0 Å². The van der Waals surface area contributed by atoms with E-state index in [2.05, 4.69) is 9.97 Å². The monoisotopic (exact) mass is 276 g/mol. The van der Waals surface area contributed by atoms with Crippen molar-refractivity contribution in [3.8, 4) is 22.5 Å². The number of benzene rings is 2. The highest BCUT2D eigenvalue weighted by Gasteiger charge is 2.18. The maximum atomic E-state index is 9.40. The van der Waals surface area contributed by atoms with Crippen LogP contribution < -0.4 is 5.72 Å². The Hall–Kier alpha value is -2.50. The lowest BCUT2D eigenvalue weighted by molar-refractivity contribution is 0.422. The first kappa shape index (κ1) is 13.5. The van der Waals surface area contributed by atoms with Gasteiger partial charge in [0, 0.05) is 11.1 Å². The Kier molecular flexibility index (Phi) is 3.77. The molecule has 21 heavy (non-hydrogen) atoms. The Balaban J connectivity index is 2.16. The number of hydrogen-bond donors (Lipinski definition) is 2. The second-order valence-electron chi connectivity index (χ2n) is 4.60. The summed E-state index contributed by atoms with van der Waals surface area (Å²) in [5.74, 6) is 0. The van der Waals surface area contributed by atoms with Crippen LogP contribution in [0.25, 0.3) is 22.5 Å². The molecular formula is C16H13BN2O2. The fourth-order valence-electron chi connectivity index (χ4n) is 2.09. The van der Waals surface area contributed by atoms with Crippen molar-refractivity contribution in [2.45, 2.75) is 0 Å². The van der Waals surface area contributed by atoms with Crippen molar-refractivity contribution in [3.05, 3.63) is 66.7 Å². The molecule has 2 aromatic carbocycles. The lowest BCUT2D eigenvalue weighted by Gasteiger charge is -2.08. The van der Waals surface area contributed by atoms with Gasteiger partial charge in [-0.05, 0) is 6.07 Å². The minimum atomic E-state index is -1.70. The topological polar surface area (TPSA) is 66.2 Å². The molecule has 0 fully saturated rings. The van der Waals surface area contributed by atoms with Crippen LogP contribution in [0.1, 0.15) is 0 Å². The summed E-state index contributed by atoms with van der Waals surface area (Å²) in [6.45, 7) is 0. The summed E-state index contributed by atoms with van der Waals surface area (Å²) in [6.07, 6.45) is 0. The first-order valence-electron chi connectivity index (χ1n) is 6.60. The number of hydrogen-bond acceptors (Lipinski definition) is 4. The van der Waals surface area contributed by atoms with Crippen molar-refractivity contribution in [1.29, 1.82) is 0 Å². The average Bonchev–Trinajstić information content (AvgIpc) is 2.56. The van der Waals surface area contributed by atoms with Gasteiger partial charge in [0.15, 0.2) is 5.72 Å². The molecule has 0 amide bonds. The molecule has 0 aliphatic rings. The first-order chi connectivity index (χ1) is 10.2. The molecule has 0 saturated heterocycles. The van der Waals surface area contributed by atoms with Crippen LogP contribution in [0.3, 0.4) is 0 Å². The first-order valence-corrected chi connectivity index (χ1v) is 6.60. The quantitative estimate of drug-likeness (QED) is 0.711. The zero-order chi connectivity index (χ0) is 14.7. The Bertz CT molecular complexity index is 676. The summed E-state index contributed by atoms with van der Waals surface area (Å²) in [4.78, 5) is 8.44. The zero-order valence-electron chi connectivity index (χ0n) is 11.2. The minimum absolute atomic E-state index is 0.00444. The summed E-state index contributed by atoms with van der Waals surface area (Å²) < 4.78 is 0. The van der Waals surface area contributed by atoms with Crippen LogP contribution in [0.2, 0.25) is 0 Å². The summed E-state index contributed by atoms with van der Waals surface area (Å²) in [6, 6.07) is 21.0. The molecule has 0 saturated carbocycles. The third-order valence-corrected chi connectivity index (χ3v) is 3.11. The van der Waals surface area contributed by atoms with Crippen LogP contribution in [0.5, 0.6) is 0 Å². The van der Waals surface area contributed by atoms with Crippen LogP contribution in [-0.4, -0.2) is 27.1 Å². The fraction of sp³-hybridized carbons (Fsp3) is 0. The van der Waals surface area contributed by atoms with Crippen LogP contribution in [0, 0.1) is 0 Å². The second-order valence-corrected chi connectivity index (χ2v) is 4.60. The SMILES string of the molecule is OB(O)c1nc(-c2ccccc2)cc(-c2ccccc2)n1. The van der Waals surface area contributed by atoms with Crippen LogP contribution in [0.4, 0.5) is 0 Å². The van der Waals surface area contributed by atoms with E-state index in [1.165, 1.54) is 0 Å². The maximum Gasteiger partial charge on any atom is 0.528 e. The highest BCUT2D eigenvalue weighted by atomic mass is 16.4. The highest BCUT2D eigenvalue weighted by molar-refractivity contribution is 6.56. The van der Waals surface area contributed by atoms with E-state index in [0.29, 0.717) is 11.4 Å². The van der Waals surface area contributed by atoms with E-state index >= 15 is 0 Å². The third-order valence-electron chi connectivity index (χ3n) is 3.11. The van der Waals surface area contributed by atoms with Crippen molar-refractivity contribution in [3.63, 3.8) is 0 Å². The van der Waals surface area contributed by atoms with Gasteiger partial charge in [0.05, 0.1) is 11.4 Å². The molecule has 0 unspecified atom stereocenters. The standard InChI is InChI=1S/C16H13BN2O2/c20-17(21)16-18-14(12-7-3-1-4-8-12)11-15(19-16)13-9-5-2-6-10-13/h1-11,20-21H. The zero-order valence-corrected chi connectivity index (χ0v) is 11.2. The van der Waals surface area contributed by atoms with Gasteiger partial charge >= 0.3 is 7.12 Å². The molecule has 0 spiro atoms. The van der Waals surface area contributed by atoms with Gasteiger partial charge in [0.2, 0.25) is 0 Å².